The number of carbonyl (C=O) groups is 1. The summed E-state index contributed by atoms with van der Waals surface area (Å²) in [7, 11) is 2.76. The highest BCUT2D eigenvalue weighted by atomic mass is 16.4. The lowest BCUT2D eigenvalue weighted by molar-refractivity contribution is 0.0699. The molecule has 0 bridgehead atoms. The van der Waals surface area contributed by atoms with E-state index in [9.17, 15) is 19.5 Å². The summed E-state index contributed by atoms with van der Waals surface area (Å²) in [6.45, 7) is 0. The minimum absolute atomic E-state index is 0.0526. The number of benzene rings is 1. The van der Waals surface area contributed by atoms with Gasteiger partial charge in [0, 0.05) is 19.7 Å². The highest BCUT2D eigenvalue weighted by Crippen LogP contribution is 2.22. The molecule has 0 fully saturated rings. The Balaban J connectivity index is 2.53. The molecule has 0 aliphatic carbocycles. The van der Waals surface area contributed by atoms with Crippen LogP contribution in [-0.2, 0) is 14.1 Å². The van der Waals surface area contributed by atoms with Crippen molar-refractivity contribution in [3.05, 3.63) is 62.8 Å². The van der Waals surface area contributed by atoms with Gasteiger partial charge in [0.05, 0.1) is 16.6 Å². The topological polar surface area (TPSA) is 94.2 Å². The third-order valence-corrected chi connectivity index (χ3v) is 3.71. The summed E-state index contributed by atoms with van der Waals surface area (Å²) in [5.74, 6) is -1.25. The number of pyridine rings is 1. The Morgan fingerprint density at radius 1 is 1.09 bits per heavy atom. The molecule has 7 nitrogen and oxygen atoms in total. The van der Waals surface area contributed by atoms with Crippen molar-refractivity contribution in [2.75, 3.05) is 0 Å². The largest absolute Gasteiger partial charge is 0.478 e. The maximum atomic E-state index is 12.3. The molecular weight excluding hydrogens is 298 g/mol. The molecule has 3 rings (SSSR count). The molecule has 0 aliphatic rings. The molecule has 0 atom stereocenters. The monoisotopic (exact) mass is 311 g/mol. The zero-order valence-corrected chi connectivity index (χ0v) is 12.5. The zero-order chi connectivity index (χ0) is 16.7. The van der Waals surface area contributed by atoms with Gasteiger partial charge in [-0.2, -0.15) is 0 Å². The van der Waals surface area contributed by atoms with Crippen LogP contribution < -0.4 is 11.2 Å². The fraction of sp³-hybridized carbons (Fsp3) is 0.125. The third-order valence-electron chi connectivity index (χ3n) is 3.71. The Morgan fingerprint density at radius 3 is 2.35 bits per heavy atom. The molecule has 0 radical (unpaired) electrons. The first kappa shape index (κ1) is 14.7. The van der Waals surface area contributed by atoms with Gasteiger partial charge in [0.15, 0.2) is 5.65 Å². The maximum Gasteiger partial charge on any atom is 0.336 e. The van der Waals surface area contributed by atoms with Crippen LogP contribution in [0.5, 0.6) is 0 Å². The minimum Gasteiger partial charge on any atom is -0.478 e. The van der Waals surface area contributed by atoms with Gasteiger partial charge in [0.25, 0.3) is 5.56 Å². The molecule has 0 aliphatic heterocycles. The van der Waals surface area contributed by atoms with E-state index in [1.165, 1.54) is 24.7 Å². The average Bonchev–Trinajstić information content (AvgIpc) is 2.57. The van der Waals surface area contributed by atoms with Gasteiger partial charge in [-0.3, -0.25) is 13.9 Å². The fourth-order valence-corrected chi connectivity index (χ4v) is 2.48. The summed E-state index contributed by atoms with van der Waals surface area (Å²) in [5, 5.41) is 9.38. The van der Waals surface area contributed by atoms with E-state index >= 15 is 0 Å². The van der Waals surface area contributed by atoms with E-state index < -0.39 is 17.2 Å². The van der Waals surface area contributed by atoms with Gasteiger partial charge in [0.2, 0.25) is 0 Å². The summed E-state index contributed by atoms with van der Waals surface area (Å²) in [4.78, 5) is 40.3. The molecule has 0 spiro atoms. The number of aromatic carboxylic acids is 1. The predicted octanol–water partition coefficient (Wildman–Crippen LogP) is 0.997. The molecule has 0 saturated carbocycles. The average molecular weight is 311 g/mol. The predicted molar refractivity (Wildman–Crippen MR) is 84.6 cm³/mol. The second-order valence-corrected chi connectivity index (χ2v) is 5.13. The van der Waals surface area contributed by atoms with E-state index in [1.807, 2.05) is 6.07 Å². The van der Waals surface area contributed by atoms with Gasteiger partial charge in [-0.1, -0.05) is 30.3 Å². The SMILES string of the molecule is Cn1c(=O)c2c(C(=O)O)cc(-c3ccccc3)nc2n(C)c1=O. The summed E-state index contributed by atoms with van der Waals surface area (Å²) in [6, 6.07) is 10.3. The number of aromatic nitrogens is 3. The number of rotatable bonds is 2. The van der Waals surface area contributed by atoms with E-state index in [4.69, 9.17) is 0 Å². The molecule has 2 aromatic heterocycles. The second-order valence-electron chi connectivity index (χ2n) is 5.13. The summed E-state index contributed by atoms with van der Waals surface area (Å²) in [5.41, 5.74) is -0.269. The van der Waals surface area contributed by atoms with Crippen molar-refractivity contribution in [1.29, 1.82) is 0 Å². The quantitative estimate of drug-likeness (QED) is 0.762. The number of aryl methyl sites for hydroxylation is 1. The summed E-state index contributed by atoms with van der Waals surface area (Å²) in [6.07, 6.45) is 0. The highest BCUT2D eigenvalue weighted by Gasteiger charge is 2.19. The lowest BCUT2D eigenvalue weighted by Crippen LogP contribution is -2.38. The van der Waals surface area contributed by atoms with E-state index in [0.717, 1.165) is 4.57 Å². The lowest BCUT2D eigenvalue weighted by Gasteiger charge is -2.11. The first-order valence-corrected chi connectivity index (χ1v) is 6.81. The second kappa shape index (κ2) is 5.20. The van der Waals surface area contributed by atoms with Gasteiger partial charge in [-0.05, 0) is 6.07 Å². The first-order valence-electron chi connectivity index (χ1n) is 6.81. The Hall–Kier alpha value is -3.22. The number of hydrogen-bond acceptors (Lipinski definition) is 4. The van der Waals surface area contributed by atoms with Crippen molar-refractivity contribution in [3.63, 3.8) is 0 Å². The third kappa shape index (κ3) is 2.22. The van der Waals surface area contributed by atoms with Crippen LogP contribution in [-0.4, -0.2) is 25.2 Å². The maximum absolute atomic E-state index is 12.3. The van der Waals surface area contributed by atoms with Gasteiger partial charge in [-0.25, -0.2) is 14.6 Å². The van der Waals surface area contributed by atoms with Crippen molar-refractivity contribution in [2.45, 2.75) is 0 Å². The Morgan fingerprint density at radius 2 is 1.74 bits per heavy atom. The highest BCUT2D eigenvalue weighted by molar-refractivity contribution is 6.02. The van der Waals surface area contributed by atoms with Gasteiger partial charge >= 0.3 is 11.7 Å². The number of hydrogen-bond donors (Lipinski definition) is 1. The Kier molecular flexibility index (Phi) is 3.33. The molecule has 2 heterocycles. The molecule has 0 saturated heterocycles. The molecule has 1 aromatic carbocycles. The standard InChI is InChI=1S/C16H13N3O4/c1-18-13-12(14(20)19(2)16(18)23)10(15(21)22)8-11(17-13)9-6-4-3-5-7-9/h3-8H,1-2H3,(H,21,22). The van der Waals surface area contributed by atoms with Crippen LogP contribution >= 0.6 is 0 Å². The van der Waals surface area contributed by atoms with Crippen LogP contribution in [0.3, 0.4) is 0 Å². The molecule has 3 aromatic rings. The van der Waals surface area contributed by atoms with Gasteiger partial charge in [-0.15, -0.1) is 0 Å². The first-order chi connectivity index (χ1) is 10.9. The number of carboxylic acids is 1. The molecule has 0 amide bonds. The van der Waals surface area contributed by atoms with E-state index in [1.54, 1.807) is 24.3 Å². The summed E-state index contributed by atoms with van der Waals surface area (Å²) < 4.78 is 2.05. The van der Waals surface area contributed by atoms with E-state index in [0.29, 0.717) is 11.3 Å². The smallest absolute Gasteiger partial charge is 0.336 e. The van der Waals surface area contributed by atoms with Crippen LogP contribution in [0.4, 0.5) is 0 Å². The van der Waals surface area contributed by atoms with Crippen LogP contribution in [0.15, 0.2) is 46.0 Å². The van der Waals surface area contributed by atoms with Gasteiger partial charge < -0.3 is 5.11 Å². The van der Waals surface area contributed by atoms with Crippen molar-refractivity contribution in [1.82, 2.24) is 14.1 Å². The van der Waals surface area contributed by atoms with Crippen LogP contribution in [0.2, 0.25) is 0 Å². The van der Waals surface area contributed by atoms with Crippen LogP contribution in [0.1, 0.15) is 10.4 Å². The van der Waals surface area contributed by atoms with Crippen LogP contribution in [0.25, 0.3) is 22.3 Å². The Labute approximate surface area is 130 Å². The van der Waals surface area contributed by atoms with E-state index in [2.05, 4.69) is 4.98 Å². The molecule has 116 valence electrons. The summed E-state index contributed by atoms with van der Waals surface area (Å²) >= 11 is 0. The number of carboxylic acid groups (broad SMARTS) is 1. The van der Waals surface area contributed by atoms with Crippen molar-refractivity contribution in [2.24, 2.45) is 14.1 Å². The number of nitrogens with zero attached hydrogens (tertiary/aromatic N) is 3. The number of fused-ring (bicyclic) bond motifs is 1. The molecule has 7 heteroatoms. The fourth-order valence-electron chi connectivity index (χ4n) is 2.48. The lowest BCUT2D eigenvalue weighted by atomic mass is 10.1. The van der Waals surface area contributed by atoms with Crippen molar-refractivity contribution in [3.8, 4) is 11.3 Å². The van der Waals surface area contributed by atoms with Crippen molar-refractivity contribution >= 4 is 17.0 Å². The minimum atomic E-state index is -1.25. The molecular formula is C16H13N3O4. The zero-order valence-electron chi connectivity index (χ0n) is 12.5. The normalized spacial score (nSPS) is 10.9. The van der Waals surface area contributed by atoms with Crippen LogP contribution in [0, 0.1) is 0 Å². The Bertz CT molecular complexity index is 1050. The van der Waals surface area contributed by atoms with Gasteiger partial charge in [0.1, 0.15) is 0 Å². The molecule has 1 N–H and O–H groups in total. The molecule has 23 heavy (non-hydrogen) atoms. The molecule has 0 unspecified atom stereocenters. The van der Waals surface area contributed by atoms with E-state index in [-0.39, 0.29) is 16.6 Å². The van der Waals surface area contributed by atoms with Crippen molar-refractivity contribution < 1.29 is 9.90 Å².